The molecule has 1 aliphatic rings. The van der Waals surface area contributed by atoms with Crippen molar-refractivity contribution in [3.63, 3.8) is 0 Å². The highest BCUT2D eigenvalue weighted by atomic mass is 19.1. The first-order valence-electron chi connectivity index (χ1n) is 10.8. The van der Waals surface area contributed by atoms with Gasteiger partial charge in [-0.15, -0.1) is 0 Å². The molecular formula is C24H22FN7O. The molecule has 0 radical (unpaired) electrons. The lowest BCUT2D eigenvalue weighted by atomic mass is 10.1. The van der Waals surface area contributed by atoms with Crippen molar-refractivity contribution < 1.29 is 9.13 Å². The van der Waals surface area contributed by atoms with Gasteiger partial charge in [-0.3, -0.25) is 4.57 Å². The number of ether oxygens (including phenoxy) is 1. The average Bonchev–Trinajstić information content (AvgIpc) is 3.48. The number of H-pyrrole nitrogens is 1. The molecule has 0 aliphatic carbocycles. The number of hydrogen-bond donors (Lipinski definition) is 2. The zero-order valence-corrected chi connectivity index (χ0v) is 18.3. The first-order valence-corrected chi connectivity index (χ1v) is 10.8. The van der Waals surface area contributed by atoms with Gasteiger partial charge in [0.15, 0.2) is 22.8 Å². The molecule has 6 rings (SSSR count). The lowest BCUT2D eigenvalue weighted by molar-refractivity contribution is 0.268. The number of nitrogens with one attached hydrogen (secondary N) is 2. The summed E-state index contributed by atoms with van der Waals surface area (Å²) in [7, 11) is 0. The summed E-state index contributed by atoms with van der Waals surface area (Å²) in [6.45, 7) is 5.33. The standard InChI is InChI=1S/C24H22FN7O/c1-24(2)13-33-23-29-19-21(26-10-9-14-11-27-17-6-4-3-5-16(14)17)30-20(31-22(19)32(23)24)15-7-8-18(25)28-12-15/h3-8,11-12,27H,9-10,13H2,1-2H3,(H,26,30,31). The van der Waals surface area contributed by atoms with E-state index >= 15 is 0 Å². The summed E-state index contributed by atoms with van der Waals surface area (Å²) in [5.74, 6) is 0.521. The summed E-state index contributed by atoms with van der Waals surface area (Å²) >= 11 is 0. The predicted octanol–water partition coefficient (Wildman–Crippen LogP) is 4.29. The third-order valence-electron chi connectivity index (χ3n) is 5.98. The summed E-state index contributed by atoms with van der Waals surface area (Å²) in [5, 5.41) is 4.65. The molecule has 0 unspecified atom stereocenters. The molecule has 4 aromatic heterocycles. The number of fused-ring (bicyclic) bond motifs is 4. The van der Waals surface area contributed by atoms with Crippen LogP contribution in [0.15, 0.2) is 48.8 Å². The number of pyridine rings is 1. The first-order chi connectivity index (χ1) is 16.0. The maximum absolute atomic E-state index is 13.4. The quantitative estimate of drug-likeness (QED) is 0.394. The Morgan fingerprint density at radius 3 is 2.88 bits per heavy atom. The zero-order chi connectivity index (χ0) is 22.6. The smallest absolute Gasteiger partial charge is 0.299 e. The van der Waals surface area contributed by atoms with E-state index < -0.39 is 5.95 Å². The fraction of sp³-hybridized carbons (Fsp3) is 0.250. The van der Waals surface area contributed by atoms with Crippen LogP contribution in [0.5, 0.6) is 6.01 Å². The van der Waals surface area contributed by atoms with Gasteiger partial charge < -0.3 is 15.0 Å². The Morgan fingerprint density at radius 1 is 1.15 bits per heavy atom. The van der Waals surface area contributed by atoms with Gasteiger partial charge in [-0.05, 0) is 44.0 Å². The van der Waals surface area contributed by atoms with Crippen LogP contribution in [0.4, 0.5) is 10.2 Å². The minimum absolute atomic E-state index is 0.294. The topological polar surface area (TPSA) is 93.5 Å². The number of aromatic nitrogens is 6. The average molecular weight is 443 g/mol. The molecule has 0 bridgehead atoms. The molecule has 33 heavy (non-hydrogen) atoms. The van der Waals surface area contributed by atoms with E-state index in [0.29, 0.717) is 47.5 Å². The number of halogens is 1. The Labute approximate surface area is 188 Å². The van der Waals surface area contributed by atoms with Crippen molar-refractivity contribution in [2.75, 3.05) is 18.5 Å². The number of nitrogens with zero attached hydrogens (tertiary/aromatic N) is 5. The Bertz CT molecular complexity index is 1490. The van der Waals surface area contributed by atoms with Crippen LogP contribution in [-0.2, 0) is 12.0 Å². The Balaban J connectivity index is 1.39. The summed E-state index contributed by atoms with van der Waals surface area (Å²) in [6, 6.07) is 11.7. The number of aromatic amines is 1. The molecule has 5 heterocycles. The largest absolute Gasteiger partial charge is 0.462 e. The third kappa shape index (κ3) is 3.27. The van der Waals surface area contributed by atoms with E-state index in [1.807, 2.05) is 22.9 Å². The molecule has 1 aromatic carbocycles. The molecule has 2 N–H and O–H groups in total. The van der Waals surface area contributed by atoms with Crippen molar-refractivity contribution in [2.45, 2.75) is 25.8 Å². The molecule has 0 saturated heterocycles. The van der Waals surface area contributed by atoms with Crippen molar-refractivity contribution in [1.29, 1.82) is 0 Å². The van der Waals surface area contributed by atoms with Gasteiger partial charge in [0.2, 0.25) is 5.95 Å². The number of benzene rings is 1. The number of para-hydroxylation sites is 1. The van der Waals surface area contributed by atoms with Crippen molar-refractivity contribution in [2.24, 2.45) is 0 Å². The summed E-state index contributed by atoms with van der Waals surface area (Å²) in [4.78, 5) is 21.2. The van der Waals surface area contributed by atoms with Crippen LogP contribution in [0, 0.1) is 5.95 Å². The van der Waals surface area contributed by atoms with Crippen molar-refractivity contribution in [3.05, 3.63) is 60.3 Å². The van der Waals surface area contributed by atoms with Crippen LogP contribution in [0.3, 0.4) is 0 Å². The fourth-order valence-electron chi connectivity index (χ4n) is 4.30. The van der Waals surface area contributed by atoms with Gasteiger partial charge in [0, 0.05) is 35.4 Å². The molecule has 166 valence electrons. The first kappa shape index (κ1) is 19.7. The fourth-order valence-corrected chi connectivity index (χ4v) is 4.30. The SMILES string of the molecule is CC1(C)COc2nc3c(NCCc4c[nH]c5ccccc45)nc(-c4ccc(F)nc4)nc3n21. The van der Waals surface area contributed by atoms with Gasteiger partial charge >= 0.3 is 0 Å². The van der Waals surface area contributed by atoms with E-state index in [4.69, 9.17) is 14.7 Å². The second-order valence-corrected chi connectivity index (χ2v) is 8.80. The summed E-state index contributed by atoms with van der Waals surface area (Å²) in [6.07, 6.45) is 4.28. The third-order valence-corrected chi connectivity index (χ3v) is 5.98. The van der Waals surface area contributed by atoms with Crippen LogP contribution >= 0.6 is 0 Å². The molecule has 9 heteroatoms. The van der Waals surface area contributed by atoms with Crippen LogP contribution in [0.1, 0.15) is 19.4 Å². The molecular weight excluding hydrogens is 421 g/mol. The number of anilines is 1. The molecule has 0 spiro atoms. The lowest BCUT2D eigenvalue weighted by Gasteiger charge is -2.18. The zero-order valence-electron chi connectivity index (χ0n) is 18.3. The Hall–Kier alpha value is -4.01. The second-order valence-electron chi connectivity index (χ2n) is 8.80. The molecule has 0 amide bonds. The second kappa shape index (κ2) is 7.26. The van der Waals surface area contributed by atoms with Crippen LogP contribution in [-0.4, -0.2) is 42.6 Å². The highest BCUT2D eigenvalue weighted by Gasteiger charge is 2.36. The molecule has 0 fully saturated rings. The van der Waals surface area contributed by atoms with Gasteiger partial charge in [0.25, 0.3) is 6.01 Å². The van der Waals surface area contributed by atoms with E-state index in [-0.39, 0.29) is 5.54 Å². The minimum Gasteiger partial charge on any atom is -0.462 e. The van der Waals surface area contributed by atoms with Crippen molar-refractivity contribution in [1.82, 2.24) is 29.5 Å². The Kier molecular flexibility index (Phi) is 4.33. The molecule has 8 nitrogen and oxygen atoms in total. The normalized spacial score (nSPS) is 14.5. The Morgan fingerprint density at radius 2 is 2.03 bits per heavy atom. The van der Waals surface area contributed by atoms with E-state index in [9.17, 15) is 4.39 Å². The monoisotopic (exact) mass is 443 g/mol. The van der Waals surface area contributed by atoms with Gasteiger partial charge in [-0.1, -0.05) is 18.2 Å². The van der Waals surface area contributed by atoms with E-state index in [1.54, 1.807) is 6.07 Å². The molecule has 1 aliphatic heterocycles. The number of hydrogen-bond acceptors (Lipinski definition) is 6. The van der Waals surface area contributed by atoms with Crippen molar-refractivity contribution in [3.8, 4) is 17.4 Å². The number of rotatable bonds is 5. The highest BCUT2D eigenvalue weighted by molar-refractivity contribution is 5.87. The van der Waals surface area contributed by atoms with E-state index in [1.165, 1.54) is 23.2 Å². The van der Waals surface area contributed by atoms with Gasteiger partial charge in [-0.25, -0.2) is 15.0 Å². The van der Waals surface area contributed by atoms with Gasteiger partial charge in [0.1, 0.15) is 6.61 Å². The highest BCUT2D eigenvalue weighted by Crippen LogP contribution is 2.37. The van der Waals surface area contributed by atoms with Crippen LogP contribution in [0.25, 0.3) is 33.5 Å². The molecule has 0 saturated carbocycles. The maximum Gasteiger partial charge on any atom is 0.299 e. The lowest BCUT2D eigenvalue weighted by Crippen LogP contribution is -2.25. The van der Waals surface area contributed by atoms with Crippen molar-refractivity contribution >= 4 is 27.9 Å². The predicted molar refractivity (Wildman–Crippen MR) is 124 cm³/mol. The molecule has 0 atom stereocenters. The molecule has 5 aromatic rings. The summed E-state index contributed by atoms with van der Waals surface area (Å²) in [5.41, 5.74) is 4.01. The maximum atomic E-state index is 13.4. The van der Waals surface area contributed by atoms with E-state index in [2.05, 4.69) is 46.2 Å². The summed E-state index contributed by atoms with van der Waals surface area (Å²) < 4.78 is 21.2. The van der Waals surface area contributed by atoms with Gasteiger partial charge in [-0.2, -0.15) is 9.37 Å². The van der Waals surface area contributed by atoms with Gasteiger partial charge in [0.05, 0.1) is 5.54 Å². The van der Waals surface area contributed by atoms with E-state index in [0.717, 1.165) is 11.9 Å². The van der Waals surface area contributed by atoms with Crippen LogP contribution < -0.4 is 10.1 Å². The van der Waals surface area contributed by atoms with Crippen LogP contribution in [0.2, 0.25) is 0 Å². The number of imidazole rings is 1. The minimum atomic E-state index is -0.545.